The van der Waals surface area contributed by atoms with E-state index in [1.807, 2.05) is 41.8 Å². The van der Waals surface area contributed by atoms with Gasteiger partial charge in [0.25, 0.3) is 0 Å². The van der Waals surface area contributed by atoms with Crippen molar-refractivity contribution in [3.63, 3.8) is 0 Å². The number of thiophene rings is 1. The SMILES string of the molecule is COC(=O)c1c(-c2ccccc2)noc1NCCc1cccs1. The number of aromatic nitrogens is 1. The third kappa shape index (κ3) is 3.43. The van der Waals surface area contributed by atoms with Crippen LogP contribution in [0.4, 0.5) is 5.88 Å². The molecule has 1 N–H and O–H groups in total. The molecule has 23 heavy (non-hydrogen) atoms. The van der Waals surface area contributed by atoms with Crippen LogP contribution in [0.3, 0.4) is 0 Å². The normalized spacial score (nSPS) is 10.5. The van der Waals surface area contributed by atoms with E-state index in [0.29, 0.717) is 23.7 Å². The van der Waals surface area contributed by atoms with Crippen LogP contribution in [0.15, 0.2) is 52.4 Å². The zero-order chi connectivity index (χ0) is 16.1. The van der Waals surface area contributed by atoms with Crippen LogP contribution in [0.1, 0.15) is 15.2 Å². The maximum Gasteiger partial charge on any atom is 0.345 e. The highest BCUT2D eigenvalue weighted by Gasteiger charge is 2.24. The number of anilines is 1. The number of ether oxygens (including phenoxy) is 1. The summed E-state index contributed by atoms with van der Waals surface area (Å²) in [4.78, 5) is 13.4. The van der Waals surface area contributed by atoms with Gasteiger partial charge >= 0.3 is 5.97 Å². The molecule has 2 heterocycles. The Balaban J connectivity index is 1.82. The molecule has 1 aromatic carbocycles. The first-order valence-corrected chi connectivity index (χ1v) is 8.07. The monoisotopic (exact) mass is 328 g/mol. The predicted octanol–water partition coefficient (Wildman–Crippen LogP) is 3.84. The molecular weight excluding hydrogens is 312 g/mol. The number of hydrogen-bond donors (Lipinski definition) is 1. The molecule has 2 aromatic heterocycles. The standard InChI is InChI=1S/C17H16N2O3S/c1-21-17(20)14-15(12-6-3-2-4-7-12)19-22-16(14)18-10-9-13-8-5-11-23-13/h2-8,11,18H,9-10H2,1H3. The van der Waals surface area contributed by atoms with Crippen LogP contribution in [-0.2, 0) is 11.2 Å². The number of methoxy groups -OCH3 is 1. The average molecular weight is 328 g/mol. The van der Waals surface area contributed by atoms with Crippen LogP contribution in [0.25, 0.3) is 11.3 Å². The van der Waals surface area contributed by atoms with Crippen molar-refractivity contribution in [3.8, 4) is 11.3 Å². The lowest BCUT2D eigenvalue weighted by molar-refractivity contribution is 0.0602. The Morgan fingerprint density at radius 2 is 2.09 bits per heavy atom. The molecule has 0 saturated heterocycles. The maximum atomic E-state index is 12.1. The molecule has 0 saturated carbocycles. The number of nitrogens with zero attached hydrogens (tertiary/aromatic N) is 1. The molecule has 0 amide bonds. The molecule has 0 unspecified atom stereocenters. The number of nitrogens with one attached hydrogen (secondary N) is 1. The lowest BCUT2D eigenvalue weighted by atomic mass is 10.1. The molecule has 5 nitrogen and oxygen atoms in total. The number of benzene rings is 1. The van der Waals surface area contributed by atoms with Crippen LogP contribution < -0.4 is 5.32 Å². The van der Waals surface area contributed by atoms with E-state index in [0.717, 1.165) is 12.0 Å². The third-order valence-corrected chi connectivity index (χ3v) is 4.30. The second-order valence-electron chi connectivity index (χ2n) is 4.85. The summed E-state index contributed by atoms with van der Waals surface area (Å²) in [6.45, 7) is 0.647. The molecule has 6 heteroatoms. The minimum atomic E-state index is -0.469. The number of esters is 1. The molecule has 0 aliphatic carbocycles. The largest absolute Gasteiger partial charge is 0.465 e. The fourth-order valence-electron chi connectivity index (χ4n) is 2.25. The first-order chi connectivity index (χ1) is 11.3. The quantitative estimate of drug-likeness (QED) is 0.696. The maximum absolute atomic E-state index is 12.1. The van der Waals surface area contributed by atoms with Gasteiger partial charge in [0.15, 0.2) is 5.56 Å². The third-order valence-electron chi connectivity index (χ3n) is 3.37. The van der Waals surface area contributed by atoms with Gasteiger partial charge in [-0.15, -0.1) is 11.3 Å². The number of hydrogen-bond acceptors (Lipinski definition) is 6. The van der Waals surface area contributed by atoms with Crippen LogP contribution in [0.2, 0.25) is 0 Å². The first-order valence-electron chi connectivity index (χ1n) is 7.19. The first kappa shape index (κ1) is 15.3. The van der Waals surface area contributed by atoms with Gasteiger partial charge in [0.05, 0.1) is 7.11 Å². The second-order valence-corrected chi connectivity index (χ2v) is 5.88. The smallest absolute Gasteiger partial charge is 0.345 e. The highest BCUT2D eigenvalue weighted by Crippen LogP contribution is 2.29. The van der Waals surface area contributed by atoms with Crippen LogP contribution >= 0.6 is 11.3 Å². The summed E-state index contributed by atoms with van der Waals surface area (Å²) in [6, 6.07) is 13.5. The van der Waals surface area contributed by atoms with Gasteiger partial charge in [-0.2, -0.15) is 0 Å². The summed E-state index contributed by atoms with van der Waals surface area (Å²) >= 11 is 1.70. The van der Waals surface area contributed by atoms with Crippen LogP contribution in [0, 0.1) is 0 Å². The fraction of sp³-hybridized carbons (Fsp3) is 0.176. The fourth-order valence-corrected chi connectivity index (χ4v) is 2.96. The minimum absolute atomic E-state index is 0.324. The van der Waals surface area contributed by atoms with Gasteiger partial charge in [0, 0.05) is 17.0 Å². The van der Waals surface area contributed by atoms with Crippen molar-refractivity contribution in [1.29, 1.82) is 0 Å². The van der Waals surface area contributed by atoms with E-state index >= 15 is 0 Å². The Morgan fingerprint density at radius 1 is 1.26 bits per heavy atom. The van der Waals surface area contributed by atoms with Gasteiger partial charge < -0.3 is 14.6 Å². The second kappa shape index (κ2) is 7.11. The van der Waals surface area contributed by atoms with E-state index in [1.165, 1.54) is 12.0 Å². The van der Waals surface area contributed by atoms with Crippen molar-refractivity contribution >= 4 is 23.2 Å². The van der Waals surface area contributed by atoms with Gasteiger partial charge in [-0.25, -0.2) is 4.79 Å². The van der Waals surface area contributed by atoms with Crippen molar-refractivity contribution < 1.29 is 14.1 Å². The van der Waals surface area contributed by atoms with E-state index in [1.54, 1.807) is 11.3 Å². The summed E-state index contributed by atoms with van der Waals surface area (Å²) in [5.74, 6) is -0.129. The van der Waals surface area contributed by atoms with Gasteiger partial charge in [-0.05, 0) is 17.9 Å². The topological polar surface area (TPSA) is 64.4 Å². The average Bonchev–Trinajstić information content (AvgIpc) is 3.25. The Morgan fingerprint density at radius 3 is 2.78 bits per heavy atom. The van der Waals surface area contributed by atoms with E-state index in [9.17, 15) is 4.79 Å². The molecule has 0 radical (unpaired) electrons. The zero-order valence-electron chi connectivity index (χ0n) is 12.6. The van der Waals surface area contributed by atoms with Crippen LogP contribution in [0.5, 0.6) is 0 Å². The lowest BCUT2D eigenvalue weighted by Gasteiger charge is -2.04. The number of carbonyl (C=O) groups is 1. The summed E-state index contributed by atoms with van der Waals surface area (Å²) in [5, 5.41) is 9.21. The summed E-state index contributed by atoms with van der Waals surface area (Å²) in [6.07, 6.45) is 0.847. The molecular formula is C17H16N2O3S. The van der Waals surface area contributed by atoms with Crippen LogP contribution in [-0.4, -0.2) is 24.8 Å². The summed E-state index contributed by atoms with van der Waals surface area (Å²) < 4.78 is 10.2. The molecule has 0 aliphatic rings. The number of carbonyl (C=O) groups excluding carboxylic acids is 1. The summed E-state index contributed by atoms with van der Waals surface area (Å²) in [5.41, 5.74) is 1.61. The van der Waals surface area contributed by atoms with Crippen molar-refractivity contribution in [2.45, 2.75) is 6.42 Å². The number of rotatable bonds is 6. The van der Waals surface area contributed by atoms with E-state index in [-0.39, 0.29) is 0 Å². The molecule has 0 fully saturated rings. The van der Waals surface area contributed by atoms with Gasteiger partial charge in [-0.3, -0.25) is 0 Å². The van der Waals surface area contributed by atoms with Crippen molar-refractivity contribution in [1.82, 2.24) is 5.16 Å². The van der Waals surface area contributed by atoms with E-state index in [4.69, 9.17) is 9.26 Å². The Kier molecular flexibility index (Phi) is 4.73. The molecule has 0 spiro atoms. The van der Waals surface area contributed by atoms with E-state index < -0.39 is 5.97 Å². The van der Waals surface area contributed by atoms with E-state index in [2.05, 4.69) is 16.5 Å². The predicted molar refractivity (Wildman–Crippen MR) is 89.8 cm³/mol. The van der Waals surface area contributed by atoms with Crippen molar-refractivity contribution in [2.24, 2.45) is 0 Å². The van der Waals surface area contributed by atoms with Crippen molar-refractivity contribution in [3.05, 3.63) is 58.3 Å². The molecule has 118 valence electrons. The Labute approximate surface area is 137 Å². The Hall–Kier alpha value is -2.60. The minimum Gasteiger partial charge on any atom is -0.465 e. The van der Waals surface area contributed by atoms with Gasteiger partial charge in [-0.1, -0.05) is 41.6 Å². The zero-order valence-corrected chi connectivity index (χ0v) is 13.4. The highest BCUT2D eigenvalue weighted by molar-refractivity contribution is 7.09. The molecule has 3 rings (SSSR count). The van der Waals surface area contributed by atoms with Gasteiger partial charge in [0.1, 0.15) is 5.69 Å². The Bertz CT molecular complexity index is 767. The highest BCUT2D eigenvalue weighted by atomic mass is 32.1. The summed E-state index contributed by atoms with van der Waals surface area (Å²) in [7, 11) is 1.35. The molecule has 0 aliphatic heterocycles. The molecule has 0 atom stereocenters. The van der Waals surface area contributed by atoms with Gasteiger partial charge in [0.2, 0.25) is 5.88 Å². The molecule has 3 aromatic rings. The lowest BCUT2D eigenvalue weighted by Crippen LogP contribution is -2.09. The van der Waals surface area contributed by atoms with Crippen molar-refractivity contribution in [2.75, 3.05) is 19.0 Å². The molecule has 0 bridgehead atoms.